The lowest BCUT2D eigenvalue weighted by molar-refractivity contribution is -0.130. The van der Waals surface area contributed by atoms with Gasteiger partial charge in [-0.25, -0.2) is 4.98 Å². The molecule has 21 heavy (non-hydrogen) atoms. The van der Waals surface area contributed by atoms with Gasteiger partial charge in [0.05, 0.1) is 12.1 Å². The molecule has 0 unspecified atom stereocenters. The topological polar surface area (TPSA) is 62.5 Å². The number of nitrogens with zero attached hydrogens (tertiary/aromatic N) is 3. The molecule has 1 aliphatic heterocycles. The van der Waals surface area contributed by atoms with Gasteiger partial charge in [0.25, 0.3) is 0 Å². The lowest BCUT2D eigenvalue weighted by Gasteiger charge is -2.35. The van der Waals surface area contributed by atoms with Crippen molar-refractivity contribution in [2.45, 2.75) is 6.42 Å². The molecule has 1 saturated heterocycles. The van der Waals surface area contributed by atoms with Crippen LogP contribution >= 0.6 is 11.3 Å². The summed E-state index contributed by atoms with van der Waals surface area (Å²) in [6.45, 7) is 2.99. The minimum atomic E-state index is 0.196. The van der Waals surface area contributed by atoms with Crippen molar-refractivity contribution in [1.29, 1.82) is 0 Å². The largest absolute Gasteiger partial charge is 0.396 e. The van der Waals surface area contributed by atoms with E-state index in [1.807, 2.05) is 33.9 Å². The van der Waals surface area contributed by atoms with E-state index >= 15 is 0 Å². The molecule has 0 aliphatic carbocycles. The summed E-state index contributed by atoms with van der Waals surface area (Å²) in [5.74, 6) is 1.02. The molecule has 2 aromatic heterocycles. The number of nitrogen functional groups attached to an aromatic ring is 1. The highest BCUT2D eigenvalue weighted by Crippen LogP contribution is 2.20. The summed E-state index contributed by atoms with van der Waals surface area (Å²) in [7, 11) is 0. The number of piperazine rings is 1. The molecule has 0 atom stereocenters. The molecule has 3 rings (SSSR count). The molecule has 6 heteroatoms. The van der Waals surface area contributed by atoms with Crippen LogP contribution in [0.15, 0.2) is 35.2 Å². The average Bonchev–Trinajstić information content (AvgIpc) is 3.01. The molecule has 2 N–H and O–H groups in total. The molecule has 0 spiro atoms. The Labute approximate surface area is 128 Å². The molecular formula is C15H18N4OS. The summed E-state index contributed by atoms with van der Waals surface area (Å²) in [5.41, 5.74) is 7.74. The molecule has 0 saturated carbocycles. The molecule has 0 bridgehead atoms. The lowest BCUT2D eigenvalue weighted by Crippen LogP contribution is -2.49. The first-order valence-electron chi connectivity index (χ1n) is 6.98. The molecule has 1 fully saturated rings. The van der Waals surface area contributed by atoms with E-state index in [9.17, 15) is 4.79 Å². The second-order valence-electron chi connectivity index (χ2n) is 5.09. The molecule has 3 heterocycles. The van der Waals surface area contributed by atoms with E-state index in [-0.39, 0.29) is 5.91 Å². The summed E-state index contributed by atoms with van der Waals surface area (Å²) in [6.07, 6.45) is 2.25. The van der Waals surface area contributed by atoms with E-state index in [2.05, 4.69) is 9.88 Å². The Kier molecular flexibility index (Phi) is 4.06. The highest BCUT2D eigenvalue weighted by molar-refractivity contribution is 7.07. The van der Waals surface area contributed by atoms with E-state index in [1.165, 1.54) is 0 Å². The van der Waals surface area contributed by atoms with E-state index < -0.39 is 0 Å². The number of anilines is 2. The van der Waals surface area contributed by atoms with Crippen molar-refractivity contribution in [1.82, 2.24) is 9.88 Å². The third kappa shape index (κ3) is 3.16. The second kappa shape index (κ2) is 6.13. The van der Waals surface area contributed by atoms with Crippen molar-refractivity contribution in [3.63, 3.8) is 0 Å². The van der Waals surface area contributed by atoms with Gasteiger partial charge in [0, 0.05) is 32.4 Å². The Balaban J connectivity index is 1.58. The lowest BCUT2D eigenvalue weighted by atomic mass is 10.2. The molecule has 1 aliphatic rings. The summed E-state index contributed by atoms with van der Waals surface area (Å²) in [4.78, 5) is 20.6. The van der Waals surface area contributed by atoms with E-state index in [0.29, 0.717) is 12.1 Å². The summed E-state index contributed by atoms with van der Waals surface area (Å²) in [5, 5.41) is 4.03. The number of aromatic nitrogens is 1. The van der Waals surface area contributed by atoms with Gasteiger partial charge >= 0.3 is 0 Å². The second-order valence-corrected chi connectivity index (χ2v) is 5.87. The predicted molar refractivity (Wildman–Crippen MR) is 85.5 cm³/mol. The number of carbonyl (C=O) groups is 1. The quantitative estimate of drug-likeness (QED) is 0.936. The SMILES string of the molecule is Nc1cccnc1N1CCN(C(=O)Cc2ccsc2)CC1. The minimum Gasteiger partial charge on any atom is -0.396 e. The van der Waals surface area contributed by atoms with Crippen LogP contribution in [0.25, 0.3) is 0 Å². The number of rotatable bonds is 3. The first-order valence-corrected chi connectivity index (χ1v) is 7.92. The number of carbonyl (C=O) groups excluding carboxylic acids is 1. The van der Waals surface area contributed by atoms with Gasteiger partial charge in [-0.3, -0.25) is 4.79 Å². The van der Waals surface area contributed by atoms with Gasteiger partial charge in [0.1, 0.15) is 0 Å². The fraction of sp³-hybridized carbons (Fsp3) is 0.333. The Morgan fingerprint density at radius 1 is 1.29 bits per heavy atom. The Hall–Kier alpha value is -2.08. The van der Waals surface area contributed by atoms with Crippen molar-refractivity contribution in [3.05, 3.63) is 40.7 Å². The fourth-order valence-electron chi connectivity index (χ4n) is 2.52. The Morgan fingerprint density at radius 3 is 2.76 bits per heavy atom. The highest BCUT2D eigenvalue weighted by atomic mass is 32.1. The van der Waals surface area contributed by atoms with Crippen LogP contribution in [0, 0.1) is 0 Å². The van der Waals surface area contributed by atoms with Crippen LogP contribution in [0.2, 0.25) is 0 Å². The molecule has 0 aromatic carbocycles. The van der Waals surface area contributed by atoms with Gasteiger partial charge in [-0.05, 0) is 34.5 Å². The van der Waals surface area contributed by atoms with Crippen molar-refractivity contribution < 1.29 is 4.79 Å². The van der Waals surface area contributed by atoms with Gasteiger partial charge in [-0.2, -0.15) is 11.3 Å². The monoisotopic (exact) mass is 302 g/mol. The van der Waals surface area contributed by atoms with Crippen LogP contribution in [0.1, 0.15) is 5.56 Å². The van der Waals surface area contributed by atoms with Gasteiger partial charge in [0.2, 0.25) is 5.91 Å². The summed E-state index contributed by atoms with van der Waals surface area (Å²) < 4.78 is 0. The molecular weight excluding hydrogens is 284 g/mol. The predicted octanol–water partition coefficient (Wildman–Crippen LogP) is 1.62. The zero-order valence-electron chi connectivity index (χ0n) is 11.7. The van der Waals surface area contributed by atoms with Gasteiger partial charge < -0.3 is 15.5 Å². The first kappa shape index (κ1) is 13.9. The Bertz CT molecular complexity index is 606. The van der Waals surface area contributed by atoms with E-state index in [4.69, 9.17) is 5.73 Å². The number of hydrogen-bond donors (Lipinski definition) is 1. The van der Waals surface area contributed by atoms with Crippen molar-refractivity contribution in [2.24, 2.45) is 0 Å². The zero-order valence-corrected chi connectivity index (χ0v) is 12.6. The number of thiophene rings is 1. The number of hydrogen-bond acceptors (Lipinski definition) is 5. The number of pyridine rings is 1. The molecule has 0 radical (unpaired) electrons. The molecule has 2 aromatic rings. The maximum atomic E-state index is 12.2. The highest BCUT2D eigenvalue weighted by Gasteiger charge is 2.22. The van der Waals surface area contributed by atoms with Crippen LogP contribution in [0.5, 0.6) is 0 Å². The van der Waals surface area contributed by atoms with E-state index in [1.54, 1.807) is 17.5 Å². The third-order valence-corrected chi connectivity index (χ3v) is 4.42. The molecule has 1 amide bonds. The van der Waals surface area contributed by atoms with Crippen molar-refractivity contribution in [2.75, 3.05) is 36.8 Å². The smallest absolute Gasteiger partial charge is 0.227 e. The molecule has 5 nitrogen and oxygen atoms in total. The maximum absolute atomic E-state index is 12.2. The van der Waals surface area contributed by atoms with Crippen molar-refractivity contribution in [3.8, 4) is 0 Å². The normalized spacial score (nSPS) is 15.2. The maximum Gasteiger partial charge on any atom is 0.227 e. The summed E-state index contributed by atoms with van der Waals surface area (Å²) in [6, 6.07) is 5.70. The Morgan fingerprint density at radius 2 is 2.10 bits per heavy atom. The van der Waals surface area contributed by atoms with Crippen LogP contribution in [-0.4, -0.2) is 42.0 Å². The van der Waals surface area contributed by atoms with Crippen LogP contribution in [0.3, 0.4) is 0 Å². The van der Waals surface area contributed by atoms with Gasteiger partial charge in [0.15, 0.2) is 5.82 Å². The van der Waals surface area contributed by atoms with Crippen LogP contribution < -0.4 is 10.6 Å². The van der Waals surface area contributed by atoms with Gasteiger partial charge in [-0.1, -0.05) is 0 Å². The van der Waals surface area contributed by atoms with Crippen molar-refractivity contribution >= 4 is 28.7 Å². The third-order valence-electron chi connectivity index (χ3n) is 3.68. The zero-order chi connectivity index (χ0) is 14.7. The van der Waals surface area contributed by atoms with Crippen LogP contribution in [-0.2, 0) is 11.2 Å². The fourth-order valence-corrected chi connectivity index (χ4v) is 3.19. The van der Waals surface area contributed by atoms with Gasteiger partial charge in [-0.15, -0.1) is 0 Å². The van der Waals surface area contributed by atoms with E-state index in [0.717, 1.165) is 37.6 Å². The number of nitrogens with two attached hydrogens (primary N) is 1. The molecule has 110 valence electrons. The first-order chi connectivity index (χ1) is 10.2. The average molecular weight is 302 g/mol. The minimum absolute atomic E-state index is 0.196. The standard InChI is InChI=1S/C15H18N4OS/c16-13-2-1-4-17-15(13)19-7-5-18(6-8-19)14(20)10-12-3-9-21-11-12/h1-4,9,11H,5-8,10,16H2. The number of amides is 1. The summed E-state index contributed by atoms with van der Waals surface area (Å²) >= 11 is 1.63. The van der Waals surface area contributed by atoms with Crippen LogP contribution in [0.4, 0.5) is 11.5 Å².